The molecule has 3 saturated carbocycles. The molecule has 2 spiro atoms. The van der Waals surface area contributed by atoms with Crippen LogP contribution in [-0.4, -0.2) is 58.4 Å². The van der Waals surface area contributed by atoms with Crippen LogP contribution in [0.2, 0.25) is 0 Å². The van der Waals surface area contributed by atoms with Crippen molar-refractivity contribution in [1.82, 2.24) is 0 Å². The molecule has 24 heavy (non-hydrogen) atoms. The molecule has 0 aromatic heterocycles. The van der Waals surface area contributed by atoms with Gasteiger partial charge in [0.25, 0.3) is 0 Å². The molecule has 6 nitrogen and oxygen atoms in total. The monoisotopic (exact) mass is 340 g/mol. The largest absolute Gasteiger partial charge is 0.387 e. The predicted octanol–water partition coefficient (Wildman–Crippen LogP) is 1.61. The first-order chi connectivity index (χ1) is 11.6. The summed E-state index contributed by atoms with van der Waals surface area (Å²) >= 11 is 0. The molecular formula is C18H28O6. The Morgan fingerprint density at radius 1 is 0.500 bits per heavy atom. The molecule has 2 heterocycles. The third-order valence-corrected chi connectivity index (χ3v) is 6.63. The first-order valence-corrected chi connectivity index (χ1v) is 9.69. The van der Waals surface area contributed by atoms with Gasteiger partial charge >= 0.3 is 0 Å². The van der Waals surface area contributed by atoms with Gasteiger partial charge in [0.15, 0.2) is 11.6 Å². The molecule has 136 valence electrons. The first-order valence-electron chi connectivity index (χ1n) is 9.69. The quantitative estimate of drug-likeness (QED) is 0.698. The normalized spacial score (nSPS) is 49.2. The average Bonchev–Trinajstić information content (AvgIpc) is 3.14. The lowest BCUT2D eigenvalue weighted by atomic mass is 9.85. The van der Waals surface area contributed by atoms with Gasteiger partial charge in [0.2, 0.25) is 0 Å². The van der Waals surface area contributed by atoms with E-state index in [1.165, 1.54) is 12.8 Å². The molecule has 2 N–H and O–H groups in total. The van der Waals surface area contributed by atoms with Gasteiger partial charge in [-0.1, -0.05) is 12.8 Å². The van der Waals surface area contributed by atoms with Crippen molar-refractivity contribution in [1.29, 1.82) is 0 Å². The average molecular weight is 340 g/mol. The third kappa shape index (κ3) is 2.31. The summed E-state index contributed by atoms with van der Waals surface area (Å²) in [6.07, 6.45) is 6.38. The van der Waals surface area contributed by atoms with Gasteiger partial charge in [0, 0.05) is 25.7 Å². The van der Waals surface area contributed by atoms with Crippen LogP contribution in [-0.2, 0) is 18.9 Å². The lowest BCUT2D eigenvalue weighted by molar-refractivity contribution is -0.224. The fraction of sp³-hybridized carbons (Fsp3) is 1.00. The Kier molecular flexibility index (Phi) is 3.75. The zero-order valence-electron chi connectivity index (χ0n) is 14.1. The Morgan fingerprint density at radius 2 is 0.833 bits per heavy atom. The Morgan fingerprint density at radius 3 is 1.21 bits per heavy atom. The molecule has 2 aliphatic heterocycles. The van der Waals surface area contributed by atoms with Crippen molar-refractivity contribution >= 4 is 0 Å². The predicted molar refractivity (Wildman–Crippen MR) is 83.1 cm³/mol. The van der Waals surface area contributed by atoms with E-state index in [4.69, 9.17) is 18.9 Å². The molecule has 6 heteroatoms. The molecule has 0 radical (unpaired) electrons. The SMILES string of the molecule is OC1C(O)C2OC3(CCCCC3)OC2C2OC3(CCCCC3)OC12. The van der Waals surface area contributed by atoms with E-state index in [9.17, 15) is 10.2 Å². The van der Waals surface area contributed by atoms with Gasteiger partial charge in [0.05, 0.1) is 0 Å². The molecule has 5 fully saturated rings. The molecule has 6 atom stereocenters. The molecule has 6 unspecified atom stereocenters. The van der Waals surface area contributed by atoms with Gasteiger partial charge in [-0.25, -0.2) is 0 Å². The van der Waals surface area contributed by atoms with Crippen molar-refractivity contribution in [2.45, 2.75) is 112 Å². The summed E-state index contributed by atoms with van der Waals surface area (Å²) < 4.78 is 25.1. The summed E-state index contributed by atoms with van der Waals surface area (Å²) in [7, 11) is 0. The number of ether oxygens (including phenoxy) is 4. The van der Waals surface area contributed by atoms with Crippen molar-refractivity contribution in [2.75, 3.05) is 0 Å². The summed E-state index contributed by atoms with van der Waals surface area (Å²) in [5.74, 6) is -1.20. The van der Waals surface area contributed by atoms with Crippen molar-refractivity contribution in [3.63, 3.8) is 0 Å². The highest BCUT2D eigenvalue weighted by Gasteiger charge is 2.65. The Balaban J connectivity index is 1.42. The van der Waals surface area contributed by atoms with Crippen LogP contribution < -0.4 is 0 Å². The topological polar surface area (TPSA) is 77.4 Å². The Hall–Kier alpha value is -0.240. The van der Waals surface area contributed by atoms with E-state index >= 15 is 0 Å². The lowest BCUT2D eigenvalue weighted by Crippen LogP contribution is -2.61. The smallest absolute Gasteiger partial charge is 0.169 e. The molecule has 5 rings (SSSR count). The Bertz CT molecular complexity index is 440. The van der Waals surface area contributed by atoms with E-state index in [0.29, 0.717) is 0 Å². The fourth-order valence-corrected chi connectivity index (χ4v) is 5.39. The molecule has 0 aromatic rings. The summed E-state index contributed by atoms with van der Waals surface area (Å²) in [5, 5.41) is 21.2. The zero-order chi connectivity index (χ0) is 16.4. The fourth-order valence-electron chi connectivity index (χ4n) is 5.39. The highest BCUT2D eigenvalue weighted by Crippen LogP contribution is 2.51. The van der Waals surface area contributed by atoms with Crippen LogP contribution in [0.15, 0.2) is 0 Å². The minimum Gasteiger partial charge on any atom is -0.387 e. The van der Waals surface area contributed by atoms with Crippen LogP contribution in [0.4, 0.5) is 0 Å². The number of hydrogen-bond donors (Lipinski definition) is 2. The maximum Gasteiger partial charge on any atom is 0.169 e. The molecule has 3 aliphatic carbocycles. The number of aliphatic hydroxyl groups is 2. The van der Waals surface area contributed by atoms with Gasteiger partial charge < -0.3 is 29.2 Å². The molecule has 5 aliphatic rings. The van der Waals surface area contributed by atoms with E-state index in [1.54, 1.807) is 0 Å². The molecular weight excluding hydrogens is 312 g/mol. The molecule has 0 aromatic carbocycles. The maximum atomic E-state index is 10.6. The van der Waals surface area contributed by atoms with Crippen LogP contribution in [0.25, 0.3) is 0 Å². The standard InChI is InChI=1S/C18H28O6/c19-11-12(20)14-16(24-18(22-14)9-5-2-6-10-18)15-13(11)21-17(23-15)7-3-1-4-8-17/h11-16,19-20H,1-10H2. The number of hydrogen-bond acceptors (Lipinski definition) is 6. The summed E-state index contributed by atoms with van der Waals surface area (Å²) in [6.45, 7) is 0. The van der Waals surface area contributed by atoms with Crippen molar-refractivity contribution in [3.05, 3.63) is 0 Å². The number of aliphatic hydroxyl groups excluding tert-OH is 2. The highest BCUT2D eigenvalue weighted by atomic mass is 16.8. The second kappa shape index (κ2) is 5.63. The summed E-state index contributed by atoms with van der Waals surface area (Å²) in [4.78, 5) is 0. The summed E-state index contributed by atoms with van der Waals surface area (Å²) in [6, 6.07) is 0. The van der Waals surface area contributed by atoms with Gasteiger partial charge in [-0.15, -0.1) is 0 Å². The number of rotatable bonds is 0. The number of fused-ring (bicyclic) bond motifs is 3. The van der Waals surface area contributed by atoms with Gasteiger partial charge in [-0.2, -0.15) is 0 Å². The van der Waals surface area contributed by atoms with Gasteiger partial charge in [-0.05, 0) is 25.7 Å². The van der Waals surface area contributed by atoms with Crippen molar-refractivity contribution in [2.24, 2.45) is 0 Å². The van der Waals surface area contributed by atoms with E-state index in [0.717, 1.165) is 51.4 Å². The van der Waals surface area contributed by atoms with Crippen LogP contribution in [0, 0.1) is 0 Å². The molecule has 0 bridgehead atoms. The van der Waals surface area contributed by atoms with E-state index in [-0.39, 0.29) is 12.2 Å². The van der Waals surface area contributed by atoms with Crippen LogP contribution >= 0.6 is 0 Å². The van der Waals surface area contributed by atoms with E-state index in [1.807, 2.05) is 0 Å². The second-order valence-corrected chi connectivity index (χ2v) is 8.25. The van der Waals surface area contributed by atoms with Crippen LogP contribution in [0.5, 0.6) is 0 Å². The lowest BCUT2D eigenvalue weighted by Gasteiger charge is -2.38. The van der Waals surface area contributed by atoms with Crippen LogP contribution in [0.3, 0.4) is 0 Å². The molecule has 2 saturated heterocycles. The minimum atomic E-state index is -0.986. The third-order valence-electron chi connectivity index (χ3n) is 6.63. The van der Waals surface area contributed by atoms with Gasteiger partial charge in [0.1, 0.15) is 36.6 Å². The first kappa shape index (κ1) is 16.0. The second-order valence-electron chi connectivity index (χ2n) is 8.25. The van der Waals surface area contributed by atoms with Crippen molar-refractivity contribution < 1.29 is 29.2 Å². The van der Waals surface area contributed by atoms with E-state index in [2.05, 4.69) is 0 Å². The summed E-state index contributed by atoms with van der Waals surface area (Å²) in [5.41, 5.74) is 0. The maximum absolute atomic E-state index is 10.6. The molecule has 0 amide bonds. The van der Waals surface area contributed by atoms with Crippen LogP contribution in [0.1, 0.15) is 64.2 Å². The Labute approximate surface area is 142 Å². The van der Waals surface area contributed by atoms with Crippen molar-refractivity contribution in [3.8, 4) is 0 Å². The minimum absolute atomic E-state index is 0.354. The highest BCUT2D eigenvalue weighted by molar-refractivity contribution is 5.09. The van der Waals surface area contributed by atoms with Gasteiger partial charge in [-0.3, -0.25) is 0 Å². The zero-order valence-corrected chi connectivity index (χ0v) is 14.1. The van der Waals surface area contributed by atoms with E-state index < -0.39 is 36.0 Å².